The van der Waals surface area contributed by atoms with Crippen molar-refractivity contribution in [1.29, 1.82) is 0 Å². The summed E-state index contributed by atoms with van der Waals surface area (Å²) in [4.78, 5) is 28.0. The molecule has 1 N–H and O–H groups in total. The van der Waals surface area contributed by atoms with Gasteiger partial charge in [0.15, 0.2) is 0 Å². The minimum Gasteiger partial charge on any atom is -0.422 e. The zero-order valence-corrected chi connectivity index (χ0v) is 12.1. The molecule has 0 aliphatic carbocycles. The summed E-state index contributed by atoms with van der Waals surface area (Å²) >= 11 is 0. The van der Waals surface area contributed by atoms with Crippen molar-refractivity contribution in [3.8, 4) is 5.75 Å². The minimum absolute atomic E-state index is 0.133. The normalized spacial score (nSPS) is 21.4. The van der Waals surface area contributed by atoms with Crippen LogP contribution in [-0.2, 0) is 4.79 Å². The molecule has 0 bridgehead atoms. The molecule has 0 unspecified atom stereocenters. The maximum absolute atomic E-state index is 12.4. The van der Waals surface area contributed by atoms with Gasteiger partial charge in [0, 0.05) is 6.20 Å². The molecule has 0 saturated carbocycles. The summed E-state index contributed by atoms with van der Waals surface area (Å²) in [6, 6.07) is 6.86. The number of ketones is 1. The number of piperazine rings is 1. The fourth-order valence-electron chi connectivity index (χ4n) is 2.75. The monoisotopic (exact) mass is 287 g/mol. The van der Waals surface area contributed by atoms with Crippen molar-refractivity contribution in [3.63, 3.8) is 0 Å². The number of fused-ring (bicyclic) bond motifs is 1. The molecule has 0 atom stereocenters. The highest BCUT2D eigenvalue weighted by Gasteiger charge is 2.31. The van der Waals surface area contributed by atoms with E-state index in [0.29, 0.717) is 11.3 Å². The number of likely N-dealkylation sites (N-methyl/N-ethyl adjacent to an activating group) is 1. The van der Waals surface area contributed by atoms with Crippen molar-refractivity contribution < 1.29 is 19.2 Å². The van der Waals surface area contributed by atoms with Crippen molar-refractivity contribution in [2.45, 2.75) is 6.92 Å². The van der Waals surface area contributed by atoms with Gasteiger partial charge in [0.05, 0.1) is 38.3 Å². The SMILES string of the molecule is CC[NH+]1CCN(/C=C2/C(=O)Oc3ccccc3C2=O)CC1. The molecule has 0 radical (unpaired) electrons. The van der Waals surface area contributed by atoms with Gasteiger partial charge in [-0.1, -0.05) is 12.1 Å². The van der Waals surface area contributed by atoms with E-state index in [1.165, 1.54) is 0 Å². The van der Waals surface area contributed by atoms with E-state index in [9.17, 15) is 9.59 Å². The molecule has 3 rings (SSSR count). The lowest BCUT2D eigenvalue weighted by Gasteiger charge is -2.31. The third-order valence-electron chi connectivity index (χ3n) is 4.12. The first-order valence-corrected chi connectivity index (χ1v) is 7.34. The number of hydrogen-bond donors (Lipinski definition) is 1. The van der Waals surface area contributed by atoms with Crippen molar-refractivity contribution in [3.05, 3.63) is 41.6 Å². The van der Waals surface area contributed by atoms with Crippen LogP contribution >= 0.6 is 0 Å². The predicted molar refractivity (Wildman–Crippen MR) is 77.3 cm³/mol. The predicted octanol–water partition coefficient (Wildman–Crippen LogP) is -0.107. The fraction of sp³-hybridized carbons (Fsp3) is 0.375. The lowest BCUT2D eigenvalue weighted by Crippen LogP contribution is -3.14. The van der Waals surface area contributed by atoms with Gasteiger partial charge in [0.25, 0.3) is 0 Å². The number of benzene rings is 1. The van der Waals surface area contributed by atoms with Gasteiger partial charge in [0.1, 0.15) is 11.3 Å². The van der Waals surface area contributed by atoms with Gasteiger partial charge >= 0.3 is 5.97 Å². The van der Waals surface area contributed by atoms with Crippen LogP contribution in [0, 0.1) is 0 Å². The highest BCUT2D eigenvalue weighted by Crippen LogP contribution is 2.27. The number of carbonyl (C=O) groups is 2. The van der Waals surface area contributed by atoms with Crippen LogP contribution in [0.2, 0.25) is 0 Å². The van der Waals surface area contributed by atoms with Crippen molar-refractivity contribution in [2.75, 3.05) is 32.7 Å². The molecule has 1 saturated heterocycles. The van der Waals surface area contributed by atoms with Crippen LogP contribution in [0.15, 0.2) is 36.0 Å². The molecule has 2 aliphatic rings. The molecule has 21 heavy (non-hydrogen) atoms. The Bertz CT molecular complexity index is 601. The van der Waals surface area contributed by atoms with Crippen LogP contribution < -0.4 is 9.64 Å². The van der Waals surface area contributed by atoms with Crippen LogP contribution in [-0.4, -0.2) is 49.4 Å². The van der Waals surface area contributed by atoms with E-state index >= 15 is 0 Å². The van der Waals surface area contributed by atoms with Gasteiger partial charge in [-0.05, 0) is 19.1 Å². The summed E-state index contributed by atoms with van der Waals surface area (Å²) in [6.07, 6.45) is 1.67. The second kappa shape index (κ2) is 5.69. The first kappa shape index (κ1) is 13.8. The minimum atomic E-state index is -0.552. The molecule has 1 aromatic carbocycles. The van der Waals surface area contributed by atoms with Crippen LogP contribution in [0.25, 0.3) is 0 Å². The Hall–Kier alpha value is -2.14. The molecule has 2 aliphatic heterocycles. The highest BCUT2D eigenvalue weighted by atomic mass is 16.5. The third-order valence-corrected chi connectivity index (χ3v) is 4.12. The lowest BCUT2D eigenvalue weighted by atomic mass is 10.0. The van der Waals surface area contributed by atoms with Gasteiger partial charge in [0.2, 0.25) is 5.78 Å². The molecule has 2 heterocycles. The van der Waals surface area contributed by atoms with Crippen molar-refractivity contribution >= 4 is 11.8 Å². The zero-order valence-electron chi connectivity index (χ0n) is 12.1. The summed E-state index contributed by atoms with van der Waals surface area (Å²) in [5.41, 5.74) is 0.592. The van der Waals surface area contributed by atoms with Crippen LogP contribution in [0.4, 0.5) is 0 Å². The van der Waals surface area contributed by atoms with Crippen molar-refractivity contribution in [1.82, 2.24) is 4.90 Å². The van der Waals surface area contributed by atoms with E-state index in [1.54, 1.807) is 35.4 Å². The van der Waals surface area contributed by atoms with Crippen LogP contribution in [0.3, 0.4) is 0 Å². The number of quaternary nitrogens is 1. The number of nitrogens with one attached hydrogen (secondary N) is 1. The molecular formula is C16H19N2O3+. The maximum atomic E-state index is 12.4. The summed E-state index contributed by atoms with van der Waals surface area (Å²) in [7, 11) is 0. The Kier molecular flexibility index (Phi) is 3.75. The number of hydrogen-bond acceptors (Lipinski definition) is 4. The van der Waals surface area contributed by atoms with E-state index < -0.39 is 5.97 Å². The van der Waals surface area contributed by atoms with E-state index in [2.05, 4.69) is 6.92 Å². The number of Topliss-reactive ketones (excluding diaryl/α,β-unsaturated/α-hetero) is 1. The summed E-state index contributed by atoms with van der Waals surface area (Å²) in [5.74, 6) is -0.444. The lowest BCUT2D eigenvalue weighted by molar-refractivity contribution is -0.902. The molecule has 5 nitrogen and oxygen atoms in total. The Morgan fingerprint density at radius 2 is 1.95 bits per heavy atom. The summed E-state index contributed by atoms with van der Waals surface area (Å²) in [5, 5.41) is 0. The largest absolute Gasteiger partial charge is 0.422 e. The number of para-hydroxylation sites is 1. The molecule has 1 fully saturated rings. The average molecular weight is 287 g/mol. The van der Waals surface area contributed by atoms with E-state index in [-0.39, 0.29) is 11.4 Å². The first-order chi connectivity index (χ1) is 10.2. The number of esters is 1. The van der Waals surface area contributed by atoms with Gasteiger partial charge in [-0.3, -0.25) is 4.79 Å². The average Bonchev–Trinajstić information content (AvgIpc) is 2.52. The standard InChI is InChI=1S/C16H18N2O3/c1-2-17-7-9-18(10-8-17)11-13-15(19)12-5-3-4-6-14(12)21-16(13)20/h3-6,11H,2,7-10H2,1H3/p+1/b13-11+. The Balaban J connectivity index is 1.81. The van der Waals surface area contributed by atoms with E-state index in [4.69, 9.17) is 4.74 Å². The van der Waals surface area contributed by atoms with E-state index in [1.807, 2.05) is 4.90 Å². The Labute approximate surface area is 123 Å². The number of rotatable bonds is 2. The van der Waals surface area contributed by atoms with Gasteiger partial charge in [-0.2, -0.15) is 0 Å². The molecule has 0 amide bonds. The quantitative estimate of drug-likeness (QED) is 0.357. The topological polar surface area (TPSA) is 51.1 Å². The number of nitrogens with zero attached hydrogens (tertiary/aromatic N) is 1. The molecule has 1 aromatic rings. The van der Waals surface area contributed by atoms with Crippen LogP contribution in [0.5, 0.6) is 5.75 Å². The third kappa shape index (κ3) is 2.69. The van der Waals surface area contributed by atoms with Crippen molar-refractivity contribution in [2.24, 2.45) is 0 Å². The first-order valence-electron chi connectivity index (χ1n) is 7.34. The Morgan fingerprint density at radius 3 is 2.67 bits per heavy atom. The van der Waals surface area contributed by atoms with Gasteiger partial charge < -0.3 is 14.5 Å². The van der Waals surface area contributed by atoms with Gasteiger partial charge in [-0.15, -0.1) is 0 Å². The smallest absolute Gasteiger partial charge is 0.349 e. The van der Waals surface area contributed by atoms with E-state index in [0.717, 1.165) is 32.7 Å². The molecule has 0 spiro atoms. The van der Waals surface area contributed by atoms with Gasteiger partial charge in [-0.25, -0.2) is 4.79 Å². The van der Waals surface area contributed by atoms with Crippen LogP contribution in [0.1, 0.15) is 17.3 Å². The highest BCUT2D eigenvalue weighted by molar-refractivity contribution is 6.27. The molecular weight excluding hydrogens is 268 g/mol. The maximum Gasteiger partial charge on any atom is 0.349 e. The number of ether oxygens (including phenoxy) is 1. The Morgan fingerprint density at radius 1 is 1.24 bits per heavy atom. The second-order valence-electron chi connectivity index (χ2n) is 5.40. The fourth-order valence-corrected chi connectivity index (χ4v) is 2.75. The zero-order chi connectivity index (χ0) is 14.8. The molecule has 110 valence electrons. The molecule has 5 heteroatoms. The second-order valence-corrected chi connectivity index (χ2v) is 5.40. The summed E-state index contributed by atoms with van der Waals surface area (Å²) < 4.78 is 5.24. The number of carbonyl (C=O) groups excluding carboxylic acids is 2. The summed E-state index contributed by atoms with van der Waals surface area (Å²) in [6.45, 7) is 7.05. The molecule has 0 aromatic heterocycles.